The second-order valence-electron chi connectivity index (χ2n) is 5.18. The summed E-state index contributed by atoms with van der Waals surface area (Å²) >= 11 is 0. The number of aliphatic hydroxyl groups is 1. The molecule has 2 N–H and O–H groups in total. The smallest absolute Gasteiger partial charge is 0.0708 e. The van der Waals surface area contributed by atoms with Crippen LogP contribution in [0.15, 0.2) is 0 Å². The molecule has 0 aromatic heterocycles. The van der Waals surface area contributed by atoms with Gasteiger partial charge in [0, 0.05) is 13.1 Å². The van der Waals surface area contributed by atoms with Crippen molar-refractivity contribution < 1.29 is 9.84 Å². The Kier molecular flexibility index (Phi) is 3.65. The molecule has 2 fully saturated rings. The van der Waals surface area contributed by atoms with Gasteiger partial charge in [0.1, 0.15) is 0 Å². The van der Waals surface area contributed by atoms with Crippen LogP contribution in [-0.4, -0.2) is 36.0 Å². The first-order valence-corrected chi connectivity index (χ1v) is 6.27. The topological polar surface area (TPSA) is 41.5 Å². The maximum atomic E-state index is 9.13. The molecule has 2 unspecified atom stereocenters. The van der Waals surface area contributed by atoms with Crippen LogP contribution in [0.5, 0.6) is 0 Å². The number of ether oxygens (including phenoxy) is 1. The van der Waals surface area contributed by atoms with Gasteiger partial charge in [-0.3, -0.25) is 0 Å². The van der Waals surface area contributed by atoms with Gasteiger partial charge in [0.15, 0.2) is 0 Å². The van der Waals surface area contributed by atoms with Crippen molar-refractivity contribution in [3.63, 3.8) is 0 Å². The second-order valence-corrected chi connectivity index (χ2v) is 5.18. The lowest BCUT2D eigenvalue weighted by Crippen LogP contribution is -2.34. The third-order valence-electron chi connectivity index (χ3n) is 3.67. The van der Waals surface area contributed by atoms with E-state index in [0.29, 0.717) is 12.6 Å². The Labute approximate surface area is 92.2 Å². The molecular weight excluding hydrogens is 190 g/mol. The van der Waals surface area contributed by atoms with Crippen molar-refractivity contribution in [2.75, 3.05) is 13.1 Å². The first-order chi connectivity index (χ1) is 7.20. The molecule has 3 nitrogen and oxygen atoms in total. The number of rotatable bonds is 4. The van der Waals surface area contributed by atoms with E-state index in [1.807, 2.05) is 0 Å². The van der Waals surface area contributed by atoms with E-state index in [1.165, 1.54) is 38.5 Å². The van der Waals surface area contributed by atoms with Crippen molar-refractivity contribution in [1.29, 1.82) is 0 Å². The van der Waals surface area contributed by atoms with Crippen LogP contribution in [0.2, 0.25) is 0 Å². The summed E-state index contributed by atoms with van der Waals surface area (Å²) in [7, 11) is 0. The molecule has 0 radical (unpaired) electrons. The van der Waals surface area contributed by atoms with E-state index >= 15 is 0 Å². The third-order valence-corrected chi connectivity index (χ3v) is 3.67. The SMILES string of the molecule is CC(O)CNCC1CCC2(CCCC2)O1. The average Bonchev–Trinajstić information content (AvgIpc) is 2.78. The van der Waals surface area contributed by atoms with Crippen LogP contribution in [0, 0.1) is 0 Å². The van der Waals surface area contributed by atoms with Crippen molar-refractivity contribution in [1.82, 2.24) is 5.32 Å². The van der Waals surface area contributed by atoms with E-state index in [4.69, 9.17) is 9.84 Å². The molecule has 1 aliphatic carbocycles. The van der Waals surface area contributed by atoms with Crippen molar-refractivity contribution >= 4 is 0 Å². The Bertz CT molecular complexity index is 200. The van der Waals surface area contributed by atoms with Gasteiger partial charge in [-0.15, -0.1) is 0 Å². The molecule has 15 heavy (non-hydrogen) atoms. The van der Waals surface area contributed by atoms with Gasteiger partial charge in [-0.2, -0.15) is 0 Å². The summed E-state index contributed by atoms with van der Waals surface area (Å²) in [6, 6.07) is 0. The lowest BCUT2D eigenvalue weighted by Gasteiger charge is -2.24. The van der Waals surface area contributed by atoms with Crippen LogP contribution in [0.4, 0.5) is 0 Å². The molecule has 1 aliphatic heterocycles. The van der Waals surface area contributed by atoms with E-state index in [0.717, 1.165) is 6.54 Å². The second kappa shape index (κ2) is 4.81. The van der Waals surface area contributed by atoms with Gasteiger partial charge in [0.05, 0.1) is 17.8 Å². The largest absolute Gasteiger partial charge is 0.392 e. The van der Waals surface area contributed by atoms with Crippen LogP contribution in [0.25, 0.3) is 0 Å². The van der Waals surface area contributed by atoms with Crippen LogP contribution in [0.1, 0.15) is 45.4 Å². The molecule has 1 spiro atoms. The zero-order chi connectivity index (χ0) is 10.7. The fraction of sp³-hybridized carbons (Fsp3) is 1.00. The van der Waals surface area contributed by atoms with E-state index in [9.17, 15) is 0 Å². The summed E-state index contributed by atoms with van der Waals surface area (Å²) in [4.78, 5) is 0. The Morgan fingerprint density at radius 1 is 1.40 bits per heavy atom. The summed E-state index contributed by atoms with van der Waals surface area (Å²) in [6.45, 7) is 3.38. The predicted molar refractivity (Wildman–Crippen MR) is 59.9 cm³/mol. The maximum absolute atomic E-state index is 9.13. The Balaban J connectivity index is 1.68. The molecule has 0 bridgehead atoms. The number of aliphatic hydroxyl groups excluding tert-OH is 1. The summed E-state index contributed by atoms with van der Waals surface area (Å²) in [5.41, 5.74) is 0.247. The number of hydrogen-bond acceptors (Lipinski definition) is 3. The number of nitrogens with one attached hydrogen (secondary N) is 1. The van der Waals surface area contributed by atoms with Gasteiger partial charge < -0.3 is 15.2 Å². The Morgan fingerprint density at radius 2 is 2.13 bits per heavy atom. The molecule has 1 saturated heterocycles. The minimum absolute atomic E-state index is 0.247. The molecule has 2 aliphatic rings. The van der Waals surface area contributed by atoms with Gasteiger partial charge in [-0.05, 0) is 32.6 Å². The standard InChI is InChI=1S/C12H23NO2/c1-10(14)8-13-9-11-4-7-12(15-11)5-2-3-6-12/h10-11,13-14H,2-9H2,1H3. The summed E-state index contributed by atoms with van der Waals surface area (Å²) in [5, 5.41) is 12.4. The Morgan fingerprint density at radius 3 is 2.80 bits per heavy atom. The zero-order valence-electron chi connectivity index (χ0n) is 9.67. The van der Waals surface area contributed by atoms with Crippen molar-refractivity contribution in [3.8, 4) is 0 Å². The van der Waals surface area contributed by atoms with Gasteiger partial charge in [-0.1, -0.05) is 12.8 Å². The van der Waals surface area contributed by atoms with E-state index in [-0.39, 0.29) is 11.7 Å². The van der Waals surface area contributed by atoms with Crippen LogP contribution in [0.3, 0.4) is 0 Å². The molecular formula is C12H23NO2. The normalized spacial score (nSPS) is 31.2. The minimum Gasteiger partial charge on any atom is -0.392 e. The first-order valence-electron chi connectivity index (χ1n) is 6.27. The lowest BCUT2D eigenvalue weighted by atomic mass is 9.98. The molecule has 2 atom stereocenters. The van der Waals surface area contributed by atoms with Gasteiger partial charge in [-0.25, -0.2) is 0 Å². The predicted octanol–water partition coefficient (Wildman–Crippen LogP) is 1.45. The fourth-order valence-electron chi connectivity index (χ4n) is 2.88. The van der Waals surface area contributed by atoms with E-state index in [2.05, 4.69) is 5.32 Å². The van der Waals surface area contributed by atoms with Gasteiger partial charge >= 0.3 is 0 Å². The average molecular weight is 213 g/mol. The van der Waals surface area contributed by atoms with Crippen molar-refractivity contribution in [3.05, 3.63) is 0 Å². The monoisotopic (exact) mass is 213 g/mol. The van der Waals surface area contributed by atoms with Crippen LogP contribution >= 0.6 is 0 Å². The fourth-order valence-corrected chi connectivity index (χ4v) is 2.88. The van der Waals surface area contributed by atoms with Crippen molar-refractivity contribution in [2.45, 2.75) is 63.3 Å². The van der Waals surface area contributed by atoms with Crippen LogP contribution < -0.4 is 5.32 Å². The number of hydrogen-bond donors (Lipinski definition) is 2. The Hall–Kier alpha value is -0.120. The third kappa shape index (κ3) is 2.92. The molecule has 1 heterocycles. The van der Waals surface area contributed by atoms with E-state index < -0.39 is 0 Å². The molecule has 88 valence electrons. The van der Waals surface area contributed by atoms with Gasteiger partial charge in [0.25, 0.3) is 0 Å². The summed E-state index contributed by atoms with van der Waals surface area (Å²) in [6.07, 6.45) is 7.76. The summed E-state index contributed by atoms with van der Waals surface area (Å²) in [5.74, 6) is 0. The highest BCUT2D eigenvalue weighted by Gasteiger charge is 2.41. The quantitative estimate of drug-likeness (QED) is 0.742. The highest BCUT2D eigenvalue weighted by molar-refractivity contribution is 4.93. The summed E-state index contributed by atoms with van der Waals surface area (Å²) < 4.78 is 6.15. The molecule has 0 amide bonds. The lowest BCUT2D eigenvalue weighted by molar-refractivity contribution is -0.0355. The molecule has 2 rings (SSSR count). The highest BCUT2D eigenvalue weighted by Crippen LogP contribution is 2.42. The van der Waals surface area contributed by atoms with Gasteiger partial charge in [0.2, 0.25) is 0 Å². The van der Waals surface area contributed by atoms with Crippen molar-refractivity contribution in [2.24, 2.45) is 0 Å². The molecule has 0 aromatic carbocycles. The maximum Gasteiger partial charge on any atom is 0.0708 e. The molecule has 0 aromatic rings. The zero-order valence-corrected chi connectivity index (χ0v) is 9.67. The minimum atomic E-state index is -0.258. The van der Waals surface area contributed by atoms with E-state index in [1.54, 1.807) is 6.92 Å². The first kappa shape index (κ1) is 11.4. The molecule has 3 heteroatoms. The van der Waals surface area contributed by atoms with Crippen LogP contribution in [-0.2, 0) is 4.74 Å². The highest BCUT2D eigenvalue weighted by atomic mass is 16.5. The molecule has 1 saturated carbocycles.